The molecule has 6 atom stereocenters. The van der Waals surface area contributed by atoms with Crippen LogP contribution in [-0.2, 0) is 0 Å². The standard InChI is InChI=1S/C28H44O4/c1-19-8-11-23(30)17-22(19)10-9-21-7-6-15-27(5)24(12-13-25(21)27)20(2)14-16-28(32,18-29)26(3,4)31/h9-10,14,16,20,23-25,29-32H,1,6-8,11-13,15,17-18H2,2-5H3/b16-14+,21-9+,22-10-/t20-,23+,24-,25+,27-,28?/m1/s1. The third-order valence-corrected chi connectivity index (χ3v) is 8.84. The Morgan fingerprint density at radius 2 is 1.88 bits per heavy atom. The lowest BCUT2D eigenvalue weighted by Gasteiger charge is -2.44. The molecule has 4 N–H and O–H groups in total. The molecule has 180 valence electrons. The Balaban J connectivity index is 1.78. The molecule has 3 aliphatic carbocycles. The largest absolute Gasteiger partial charge is 0.393 e. The first-order valence-corrected chi connectivity index (χ1v) is 12.4. The van der Waals surface area contributed by atoms with E-state index in [1.807, 2.05) is 6.08 Å². The second-order valence-electron chi connectivity index (χ2n) is 11.4. The molecule has 0 aliphatic heterocycles. The molecule has 3 aliphatic rings. The molecule has 3 fully saturated rings. The maximum absolute atomic E-state index is 10.7. The van der Waals surface area contributed by atoms with Crippen LogP contribution in [0.25, 0.3) is 0 Å². The van der Waals surface area contributed by atoms with Crippen LogP contribution in [0.5, 0.6) is 0 Å². The van der Waals surface area contributed by atoms with Crippen molar-refractivity contribution in [1.82, 2.24) is 0 Å². The van der Waals surface area contributed by atoms with E-state index in [9.17, 15) is 20.4 Å². The van der Waals surface area contributed by atoms with Crippen molar-refractivity contribution in [2.45, 2.75) is 96.4 Å². The van der Waals surface area contributed by atoms with E-state index < -0.39 is 17.8 Å². The van der Waals surface area contributed by atoms with Crippen molar-refractivity contribution >= 4 is 0 Å². The predicted molar refractivity (Wildman–Crippen MR) is 130 cm³/mol. The molecule has 3 rings (SSSR count). The lowest BCUT2D eigenvalue weighted by Crippen LogP contribution is -2.51. The fourth-order valence-corrected chi connectivity index (χ4v) is 6.43. The van der Waals surface area contributed by atoms with Gasteiger partial charge >= 0.3 is 0 Å². The van der Waals surface area contributed by atoms with Crippen molar-refractivity contribution in [1.29, 1.82) is 0 Å². The molecule has 0 heterocycles. The summed E-state index contributed by atoms with van der Waals surface area (Å²) in [5.41, 5.74) is 1.05. The number of fused-ring (bicyclic) bond motifs is 1. The number of rotatable bonds is 6. The highest BCUT2D eigenvalue weighted by molar-refractivity contribution is 5.36. The molecule has 4 nitrogen and oxygen atoms in total. The van der Waals surface area contributed by atoms with Crippen LogP contribution >= 0.6 is 0 Å². The third-order valence-electron chi connectivity index (χ3n) is 8.84. The monoisotopic (exact) mass is 444 g/mol. The van der Waals surface area contributed by atoms with Crippen molar-refractivity contribution in [3.8, 4) is 0 Å². The van der Waals surface area contributed by atoms with Crippen molar-refractivity contribution < 1.29 is 20.4 Å². The minimum absolute atomic E-state index is 0.210. The summed E-state index contributed by atoms with van der Waals surface area (Å²) in [7, 11) is 0. The van der Waals surface area contributed by atoms with Crippen molar-refractivity contribution in [3.05, 3.63) is 47.6 Å². The summed E-state index contributed by atoms with van der Waals surface area (Å²) in [6, 6.07) is 0. The van der Waals surface area contributed by atoms with Gasteiger partial charge in [-0.05, 0) is 94.0 Å². The zero-order valence-electron chi connectivity index (χ0n) is 20.5. The predicted octanol–water partition coefficient (Wildman–Crippen LogP) is 4.84. The maximum atomic E-state index is 10.7. The Morgan fingerprint density at radius 3 is 2.53 bits per heavy atom. The van der Waals surface area contributed by atoms with Gasteiger partial charge in [0.25, 0.3) is 0 Å². The van der Waals surface area contributed by atoms with Gasteiger partial charge in [-0.2, -0.15) is 0 Å². The fraction of sp³-hybridized carbons (Fsp3) is 0.714. The first-order chi connectivity index (χ1) is 14.9. The summed E-state index contributed by atoms with van der Waals surface area (Å²) in [6.07, 6.45) is 16.2. The maximum Gasteiger partial charge on any atom is 0.134 e. The number of hydrogen-bond acceptors (Lipinski definition) is 4. The Morgan fingerprint density at radius 1 is 1.16 bits per heavy atom. The normalized spacial score (nSPS) is 37.1. The van der Waals surface area contributed by atoms with E-state index in [1.165, 1.54) is 44.3 Å². The number of aliphatic hydroxyl groups is 4. The first-order valence-electron chi connectivity index (χ1n) is 12.4. The van der Waals surface area contributed by atoms with E-state index in [2.05, 4.69) is 32.6 Å². The summed E-state index contributed by atoms with van der Waals surface area (Å²) in [4.78, 5) is 0. The molecular formula is C28H44O4. The van der Waals surface area contributed by atoms with Gasteiger partial charge < -0.3 is 20.4 Å². The minimum Gasteiger partial charge on any atom is -0.393 e. The van der Waals surface area contributed by atoms with Gasteiger partial charge in [-0.15, -0.1) is 0 Å². The molecule has 0 amide bonds. The topological polar surface area (TPSA) is 80.9 Å². The molecule has 0 aromatic rings. The molecule has 0 aromatic heterocycles. The van der Waals surface area contributed by atoms with Crippen molar-refractivity contribution in [3.63, 3.8) is 0 Å². The first kappa shape index (κ1) is 25.4. The lowest BCUT2D eigenvalue weighted by atomic mass is 9.61. The van der Waals surface area contributed by atoms with E-state index in [0.29, 0.717) is 18.3 Å². The van der Waals surface area contributed by atoms with Crippen LogP contribution in [-0.4, -0.2) is 44.3 Å². The van der Waals surface area contributed by atoms with Gasteiger partial charge in [-0.25, -0.2) is 0 Å². The van der Waals surface area contributed by atoms with Crippen LogP contribution in [0.3, 0.4) is 0 Å². The van der Waals surface area contributed by atoms with Crippen LogP contribution < -0.4 is 0 Å². The molecule has 4 heteroatoms. The van der Waals surface area contributed by atoms with Crippen LogP contribution in [0.4, 0.5) is 0 Å². The number of hydrogen-bond donors (Lipinski definition) is 4. The number of allylic oxidation sites excluding steroid dienone is 5. The van der Waals surface area contributed by atoms with E-state index in [4.69, 9.17) is 0 Å². The fourth-order valence-electron chi connectivity index (χ4n) is 6.43. The average Bonchev–Trinajstić information content (AvgIpc) is 3.09. The van der Waals surface area contributed by atoms with Gasteiger partial charge in [-0.1, -0.05) is 55.9 Å². The van der Waals surface area contributed by atoms with Gasteiger partial charge in [-0.3, -0.25) is 0 Å². The molecule has 0 radical (unpaired) electrons. The summed E-state index contributed by atoms with van der Waals surface area (Å²) < 4.78 is 0. The van der Waals surface area contributed by atoms with E-state index in [-0.39, 0.29) is 17.4 Å². The quantitative estimate of drug-likeness (QED) is 0.442. The Kier molecular flexibility index (Phi) is 7.61. The lowest BCUT2D eigenvalue weighted by molar-refractivity contribution is -0.123. The van der Waals surface area contributed by atoms with Crippen LogP contribution in [0.15, 0.2) is 47.6 Å². The molecule has 32 heavy (non-hydrogen) atoms. The smallest absolute Gasteiger partial charge is 0.134 e. The second kappa shape index (κ2) is 9.58. The van der Waals surface area contributed by atoms with Gasteiger partial charge in [0.15, 0.2) is 0 Å². The molecule has 0 bridgehead atoms. The average molecular weight is 445 g/mol. The summed E-state index contributed by atoms with van der Waals surface area (Å²) in [6.45, 7) is 11.4. The van der Waals surface area contributed by atoms with Crippen LogP contribution in [0, 0.1) is 23.2 Å². The van der Waals surface area contributed by atoms with Gasteiger partial charge in [0.2, 0.25) is 0 Å². The van der Waals surface area contributed by atoms with Crippen LogP contribution in [0.1, 0.15) is 79.1 Å². The molecule has 3 saturated carbocycles. The Bertz CT molecular complexity index is 786. The van der Waals surface area contributed by atoms with Crippen molar-refractivity contribution in [2.24, 2.45) is 23.2 Å². The van der Waals surface area contributed by atoms with Gasteiger partial charge in [0, 0.05) is 0 Å². The summed E-state index contributed by atoms with van der Waals surface area (Å²) >= 11 is 0. The van der Waals surface area contributed by atoms with Crippen molar-refractivity contribution in [2.75, 3.05) is 6.61 Å². The molecule has 0 spiro atoms. The van der Waals surface area contributed by atoms with E-state index >= 15 is 0 Å². The highest BCUT2D eigenvalue weighted by Gasteiger charge is 2.50. The molecular weight excluding hydrogens is 400 g/mol. The van der Waals surface area contributed by atoms with E-state index in [0.717, 1.165) is 31.3 Å². The van der Waals surface area contributed by atoms with E-state index in [1.54, 1.807) is 6.08 Å². The second-order valence-corrected chi connectivity index (χ2v) is 11.4. The molecule has 0 aromatic carbocycles. The third kappa shape index (κ3) is 4.99. The summed E-state index contributed by atoms with van der Waals surface area (Å²) in [5.74, 6) is 1.30. The molecule has 0 saturated heterocycles. The van der Waals surface area contributed by atoms with Gasteiger partial charge in [0.05, 0.1) is 18.3 Å². The number of aliphatic hydroxyl groups excluding tert-OH is 2. The highest BCUT2D eigenvalue weighted by atomic mass is 16.4. The SMILES string of the molecule is C=C1CC[C@H](O)C/C1=C/C=C1\CCC[C@]2(C)[C@@H]([C@H](C)/C=C/C(O)(CO)C(C)(C)O)CC[C@@H]12. The molecule has 1 unspecified atom stereocenters. The summed E-state index contributed by atoms with van der Waals surface area (Å²) in [5, 5.41) is 40.7. The van der Waals surface area contributed by atoms with Crippen LogP contribution in [0.2, 0.25) is 0 Å². The zero-order valence-corrected chi connectivity index (χ0v) is 20.5. The zero-order chi connectivity index (χ0) is 23.7. The minimum atomic E-state index is -1.64. The Labute approximate surface area is 194 Å². The Hall–Kier alpha value is -1.20. The van der Waals surface area contributed by atoms with Gasteiger partial charge in [0.1, 0.15) is 5.60 Å². The highest BCUT2D eigenvalue weighted by Crippen LogP contribution is 2.59.